The average Bonchev–Trinajstić information content (AvgIpc) is 2.84. The molecule has 0 radical (unpaired) electrons. The molecule has 4 aromatic rings. The van der Waals surface area contributed by atoms with E-state index in [9.17, 15) is 9.90 Å². The third kappa shape index (κ3) is 3.51. The molecule has 2 heterocycles. The molecule has 1 fully saturated rings. The summed E-state index contributed by atoms with van der Waals surface area (Å²) in [5.74, 6) is 0. The largest absolute Gasteiger partial charge is 0.391 e. The highest BCUT2D eigenvalue weighted by molar-refractivity contribution is 6.30. The fraction of sp³-hybridized carbons (Fsp3) is 0.333. The molecule has 6 rings (SSSR count). The van der Waals surface area contributed by atoms with Crippen LogP contribution in [0.2, 0.25) is 5.02 Å². The van der Waals surface area contributed by atoms with Gasteiger partial charge in [0.2, 0.25) is 0 Å². The Kier molecular flexibility index (Phi) is 5.11. The molecule has 5 nitrogen and oxygen atoms in total. The number of anilines is 1. The summed E-state index contributed by atoms with van der Waals surface area (Å²) in [7, 11) is 0. The average molecular weight is 460 g/mol. The van der Waals surface area contributed by atoms with E-state index >= 15 is 0 Å². The van der Waals surface area contributed by atoms with Crippen LogP contribution in [-0.2, 0) is 13.0 Å². The van der Waals surface area contributed by atoms with E-state index < -0.39 is 6.10 Å². The van der Waals surface area contributed by atoms with Crippen LogP contribution in [0.5, 0.6) is 0 Å². The van der Waals surface area contributed by atoms with Gasteiger partial charge in [-0.1, -0.05) is 54.8 Å². The fourth-order valence-corrected chi connectivity index (χ4v) is 5.79. The van der Waals surface area contributed by atoms with Crippen molar-refractivity contribution in [3.05, 3.63) is 81.4 Å². The van der Waals surface area contributed by atoms with Gasteiger partial charge in [-0.3, -0.25) is 9.36 Å². The van der Waals surface area contributed by atoms with E-state index in [1.54, 1.807) is 10.9 Å². The zero-order chi connectivity index (χ0) is 22.5. The van der Waals surface area contributed by atoms with Gasteiger partial charge in [0.25, 0.3) is 5.56 Å². The molecular formula is C27H26ClN3O2. The molecule has 1 aliphatic carbocycles. The summed E-state index contributed by atoms with van der Waals surface area (Å²) >= 11 is 6.20. The first-order valence-electron chi connectivity index (χ1n) is 11.7. The maximum Gasteiger partial charge on any atom is 0.261 e. The summed E-state index contributed by atoms with van der Waals surface area (Å²) in [4.78, 5) is 20.7. The number of aromatic nitrogens is 2. The third-order valence-electron chi connectivity index (χ3n) is 7.34. The molecule has 0 spiro atoms. The first-order valence-corrected chi connectivity index (χ1v) is 12.1. The number of fused-ring (bicyclic) bond motifs is 4. The van der Waals surface area contributed by atoms with Crippen molar-refractivity contribution in [1.82, 2.24) is 9.55 Å². The van der Waals surface area contributed by atoms with Gasteiger partial charge in [0.15, 0.2) is 0 Å². The standard InChI is InChI=1S/C27H26ClN3O2/c28-19-10-9-18-15-30(12-11-17(18)13-19)24-14-22-26(21-6-2-1-5-20(21)24)29-16-31(27(22)33)23-7-3-4-8-25(23)32/h1-2,5-6,9-10,13-14,16,23,25,32H,3-4,7-8,11-12,15H2/t23-,25-/m0/s1. The minimum Gasteiger partial charge on any atom is -0.391 e. The molecule has 3 aromatic carbocycles. The van der Waals surface area contributed by atoms with Gasteiger partial charge in [-0.2, -0.15) is 0 Å². The number of benzene rings is 3. The first-order chi connectivity index (χ1) is 16.1. The molecule has 0 amide bonds. The van der Waals surface area contributed by atoms with Crippen molar-refractivity contribution in [2.45, 2.75) is 50.8 Å². The Morgan fingerprint density at radius 3 is 2.64 bits per heavy atom. The van der Waals surface area contributed by atoms with Crippen LogP contribution in [0.15, 0.2) is 59.7 Å². The Hall–Kier alpha value is -2.89. The van der Waals surface area contributed by atoms with Crippen molar-refractivity contribution in [2.24, 2.45) is 0 Å². The molecule has 33 heavy (non-hydrogen) atoms. The third-order valence-corrected chi connectivity index (χ3v) is 7.58. The molecular weight excluding hydrogens is 434 g/mol. The molecule has 1 N–H and O–H groups in total. The van der Waals surface area contributed by atoms with E-state index in [-0.39, 0.29) is 11.6 Å². The second-order valence-corrected chi connectivity index (χ2v) is 9.73. The summed E-state index contributed by atoms with van der Waals surface area (Å²) < 4.78 is 1.66. The van der Waals surface area contributed by atoms with Gasteiger partial charge in [-0.15, -0.1) is 0 Å². The maximum absolute atomic E-state index is 13.7. The van der Waals surface area contributed by atoms with Gasteiger partial charge in [-0.05, 0) is 48.6 Å². The van der Waals surface area contributed by atoms with E-state index in [1.807, 2.05) is 30.3 Å². The number of hydrogen-bond acceptors (Lipinski definition) is 4. The minimum absolute atomic E-state index is 0.0675. The molecule has 2 atom stereocenters. The Morgan fingerprint density at radius 2 is 1.79 bits per heavy atom. The maximum atomic E-state index is 13.7. The normalized spacial score (nSPS) is 20.8. The lowest BCUT2D eigenvalue weighted by atomic mass is 9.92. The lowest BCUT2D eigenvalue weighted by molar-refractivity contribution is 0.0735. The SMILES string of the molecule is O=c1c2cc(N3CCc4cc(Cl)ccc4C3)c3ccccc3c2ncn1[C@H]1CCCC[C@@H]1O. The smallest absolute Gasteiger partial charge is 0.261 e. The van der Waals surface area contributed by atoms with Crippen molar-refractivity contribution in [3.8, 4) is 0 Å². The van der Waals surface area contributed by atoms with Gasteiger partial charge in [0.1, 0.15) is 0 Å². The van der Waals surface area contributed by atoms with Gasteiger partial charge in [0, 0.05) is 34.6 Å². The van der Waals surface area contributed by atoms with Crippen LogP contribution in [0.4, 0.5) is 5.69 Å². The number of rotatable bonds is 2. The fourth-order valence-electron chi connectivity index (χ4n) is 5.60. The Labute approximate surface area is 197 Å². The highest BCUT2D eigenvalue weighted by Gasteiger charge is 2.27. The van der Waals surface area contributed by atoms with Crippen LogP contribution in [0.25, 0.3) is 21.7 Å². The molecule has 168 valence electrons. The van der Waals surface area contributed by atoms with Crippen LogP contribution < -0.4 is 10.5 Å². The molecule has 6 heteroatoms. The Balaban J connectivity index is 1.52. The van der Waals surface area contributed by atoms with Crippen LogP contribution in [-0.4, -0.2) is 27.3 Å². The highest BCUT2D eigenvalue weighted by atomic mass is 35.5. The predicted octanol–water partition coefficient (Wildman–Crippen LogP) is 5.24. The zero-order valence-electron chi connectivity index (χ0n) is 18.4. The van der Waals surface area contributed by atoms with Crippen molar-refractivity contribution in [3.63, 3.8) is 0 Å². The first kappa shape index (κ1) is 20.7. The number of hydrogen-bond donors (Lipinski definition) is 1. The van der Waals surface area contributed by atoms with Gasteiger partial charge in [-0.25, -0.2) is 4.98 Å². The van der Waals surface area contributed by atoms with Gasteiger partial charge >= 0.3 is 0 Å². The lowest BCUT2D eigenvalue weighted by Gasteiger charge is -2.32. The van der Waals surface area contributed by atoms with Gasteiger partial charge < -0.3 is 10.0 Å². The number of halogens is 1. The quantitative estimate of drug-likeness (QED) is 0.416. The minimum atomic E-state index is -0.499. The monoisotopic (exact) mass is 459 g/mol. The van der Waals surface area contributed by atoms with Crippen LogP contribution >= 0.6 is 11.6 Å². The molecule has 1 saturated carbocycles. The highest BCUT2D eigenvalue weighted by Crippen LogP contribution is 2.36. The van der Waals surface area contributed by atoms with E-state index in [0.29, 0.717) is 5.39 Å². The number of aliphatic hydroxyl groups excluding tert-OH is 1. The molecule has 0 bridgehead atoms. The van der Waals surface area contributed by atoms with Crippen LogP contribution in [0, 0.1) is 0 Å². The van der Waals surface area contributed by atoms with E-state index in [0.717, 1.165) is 72.2 Å². The second-order valence-electron chi connectivity index (χ2n) is 9.30. The summed E-state index contributed by atoms with van der Waals surface area (Å²) in [6, 6.07) is 16.1. The summed E-state index contributed by atoms with van der Waals surface area (Å²) in [6.45, 7) is 1.64. The van der Waals surface area contributed by atoms with Crippen molar-refractivity contribution in [2.75, 3.05) is 11.4 Å². The van der Waals surface area contributed by atoms with Crippen LogP contribution in [0.1, 0.15) is 42.9 Å². The second kappa shape index (κ2) is 8.15. The molecule has 1 aliphatic heterocycles. The topological polar surface area (TPSA) is 58.4 Å². The van der Waals surface area contributed by atoms with E-state index in [4.69, 9.17) is 16.6 Å². The van der Waals surface area contributed by atoms with E-state index in [1.165, 1.54) is 11.1 Å². The molecule has 1 aromatic heterocycles. The van der Waals surface area contributed by atoms with E-state index in [2.05, 4.69) is 23.1 Å². The lowest BCUT2D eigenvalue weighted by Crippen LogP contribution is -2.35. The molecule has 0 unspecified atom stereocenters. The van der Waals surface area contributed by atoms with Crippen molar-refractivity contribution >= 4 is 39.0 Å². The summed E-state index contributed by atoms with van der Waals surface area (Å²) in [6.07, 6.45) is 5.61. The predicted molar refractivity (Wildman–Crippen MR) is 133 cm³/mol. The number of aliphatic hydroxyl groups is 1. The number of nitrogens with zero attached hydrogens (tertiary/aromatic N) is 3. The van der Waals surface area contributed by atoms with Gasteiger partial charge in [0.05, 0.1) is 29.4 Å². The zero-order valence-corrected chi connectivity index (χ0v) is 19.1. The summed E-state index contributed by atoms with van der Waals surface area (Å²) in [5, 5.41) is 14.0. The van der Waals surface area contributed by atoms with Crippen LogP contribution in [0.3, 0.4) is 0 Å². The summed E-state index contributed by atoms with van der Waals surface area (Å²) in [5.41, 5.74) is 4.27. The Bertz CT molecular complexity index is 1430. The molecule has 2 aliphatic rings. The molecule has 0 saturated heterocycles. The Morgan fingerprint density at radius 1 is 0.970 bits per heavy atom. The van der Waals surface area contributed by atoms with Crippen molar-refractivity contribution in [1.29, 1.82) is 0 Å². The van der Waals surface area contributed by atoms with Crippen molar-refractivity contribution < 1.29 is 5.11 Å².